The molecule has 1 heteroatoms. The summed E-state index contributed by atoms with van der Waals surface area (Å²) in [5, 5.41) is 3.46. The molecule has 0 amide bonds. The number of hydrogen-bond acceptors (Lipinski definition) is 1. The largest absolute Gasteiger partial charge is 0.384 e. The standard InChI is InChI=1S/C18H21N/c1-2-16(13-14-17-9-5-3-6-10-17)15-19-18-11-7-4-8-12-18/h2-12,16,19H,1,13-15H2. The van der Waals surface area contributed by atoms with E-state index in [0.717, 1.165) is 19.4 Å². The molecule has 0 saturated carbocycles. The molecule has 1 N–H and O–H groups in total. The topological polar surface area (TPSA) is 12.0 Å². The molecule has 19 heavy (non-hydrogen) atoms. The molecule has 0 aliphatic heterocycles. The van der Waals surface area contributed by atoms with E-state index in [1.807, 2.05) is 6.07 Å². The van der Waals surface area contributed by atoms with Crippen LogP contribution in [0.4, 0.5) is 5.69 Å². The van der Waals surface area contributed by atoms with Crippen LogP contribution < -0.4 is 5.32 Å². The predicted octanol–water partition coefficient (Wildman–Crippen LogP) is 4.53. The fourth-order valence-corrected chi connectivity index (χ4v) is 2.10. The Kier molecular flexibility index (Phi) is 5.24. The van der Waals surface area contributed by atoms with Gasteiger partial charge in [0.15, 0.2) is 0 Å². The van der Waals surface area contributed by atoms with Crippen LogP contribution in [0.15, 0.2) is 73.3 Å². The lowest BCUT2D eigenvalue weighted by molar-refractivity contribution is 0.619. The highest BCUT2D eigenvalue weighted by Gasteiger charge is 2.04. The van der Waals surface area contributed by atoms with Gasteiger partial charge in [-0.05, 0) is 36.5 Å². The maximum atomic E-state index is 3.95. The Balaban J connectivity index is 1.79. The summed E-state index contributed by atoms with van der Waals surface area (Å²) in [5.41, 5.74) is 2.57. The van der Waals surface area contributed by atoms with Crippen LogP contribution in [-0.2, 0) is 6.42 Å². The molecule has 0 fully saturated rings. The fraction of sp³-hybridized carbons (Fsp3) is 0.222. The first-order valence-electron chi connectivity index (χ1n) is 6.84. The Morgan fingerprint density at radius 1 is 0.947 bits per heavy atom. The highest BCUT2D eigenvalue weighted by Crippen LogP contribution is 2.13. The van der Waals surface area contributed by atoms with Crippen molar-refractivity contribution in [2.24, 2.45) is 5.92 Å². The first-order chi connectivity index (χ1) is 9.38. The normalized spacial score (nSPS) is 11.8. The van der Waals surface area contributed by atoms with Crippen molar-refractivity contribution in [3.05, 3.63) is 78.9 Å². The molecule has 0 aromatic heterocycles. The van der Waals surface area contributed by atoms with E-state index in [4.69, 9.17) is 0 Å². The molecule has 0 radical (unpaired) electrons. The zero-order valence-corrected chi connectivity index (χ0v) is 11.3. The smallest absolute Gasteiger partial charge is 0.0340 e. The predicted molar refractivity (Wildman–Crippen MR) is 83.4 cm³/mol. The van der Waals surface area contributed by atoms with Gasteiger partial charge in [-0.25, -0.2) is 0 Å². The molecule has 1 nitrogen and oxygen atoms in total. The molecule has 2 aromatic rings. The molecule has 0 heterocycles. The van der Waals surface area contributed by atoms with E-state index in [-0.39, 0.29) is 0 Å². The number of para-hydroxylation sites is 1. The van der Waals surface area contributed by atoms with Gasteiger partial charge in [0.1, 0.15) is 0 Å². The Morgan fingerprint density at radius 2 is 1.58 bits per heavy atom. The van der Waals surface area contributed by atoms with E-state index >= 15 is 0 Å². The van der Waals surface area contributed by atoms with Gasteiger partial charge in [0.05, 0.1) is 0 Å². The fourth-order valence-electron chi connectivity index (χ4n) is 2.10. The zero-order chi connectivity index (χ0) is 13.3. The average molecular weight is 251 g/mol. The van der Waals surface area contributed by atoms with E-state index in [9.17, 15) is 0 Å². The molecule has 0 spiro atoms. The van der Waals surface area contributed by atoms with E-state index < -0.39 is 0 Å². The van der Waals surface area contributed by atoms with Gasteiger partial charge in [-0.15, -0.1) is 6.58 Å². The van der Waals surface area contributed by atoms with Crippen LogP contribution in [0.1, 0.15) is 12.0 Å². The van der Waals surface area contributed by atoms with E-state index in [0.29, 0.717) is 5.92 Å². The third-order valence-electron chi connectivity index (χ3n) is 3.32. The minimum absolute atomic E-state index is 0.500. The monoisotopic (exact) mass is 251 g/mol. The summed E-state index contributed by atoms with van der Waals surface area (Å²) in [7, 11) is 0. The van der Waals surface area contributed by atoms with Gasteiger partial charge in [0, 0.05) is 12.2 Å². The molecule has 0 saturated heterocycles. The van der Waals surface area contributed by atoms with Gasteiger partial charge in [-0.2, -0.15) is 0 Å². The Morgan fingerprint density at radius 3 is 2.21 bits per heavy atom. The van der Waals surface area contributed by atoms with Crippen molar-refractivity contribution in [2.45, 2.75) is 12.8 Å². The van der Waals surface area contributed by atoms with Crippen LogP contribution in [0.5, 0.6) is 0 Å². The van der Waals surface area contributed by atoms with Crippen LogP contribution >= 0.6 is 0 Å². The SMILES string of the molecule is C=CC(CCc1ccccc1)CNc1ccccc1. The summed E-state index contributed by atoms with van der Waals surface area (Å²) >= 11 is 0. The van der Waals surface area contributed by atoms with E-state index in [1.165, 1.54) is 11.3 Å². The molecule has 0 bridgehead atoms. The maximum Gasteiger partial charge on any atom is 0.0340 e. The van der Waals surface area contributed by atoms with Gasteiger partial charge in [0.25, 0.3) is 0 Å². The van der Waals surface area contributed by atoms with Crippen LogP contribution in [0.3, 0.4) is 0 Å². The Labute approximate surface area is 116 Å². The Hall–Kier alpha value is -2.02. The summed E-state index contributed by atoms with van der Waals surface area (Å²) < 4.78 is 0. The molecule has 0 aliphatic carbocycles. The number of nitrogens with one attached hydrogen (secondary N) is 1. The first kappa shape index (κ1) is 13.4. The summed E-state index contributed by atoms with van der Waals surface area (Å²) in [6.45, 7) is 4.89. The minimum Gasteiger partial charge on any atom is -0.384 e. The van der Waals surface area contributed by atoms with Crippen molar-refractivity contribution in [1.29, 1.82) is 0 Å². The van der Waals surface area contributed by atoms with Crippen LogP contribution in [0.2, 0.25) is 0 Å². The molecule has 2 aromatic carbocycles. The molecule has 2 rings (SSSR count). The number of rotatable bonds is 7. The van der Waals surface area contributed by atoms with Crippen LogP contribution in [0.25, 0.3) is 0 Å². The van der Waals surface area contributed by atoms with Crippen molar-refractivity contribution < 1.29 is 0 Å². The molecular weight excluding hydrogens is 230 g/mol. The number of hydrogen-bond donors (Lipinski definition) is 1. The first-order valence-corrected chi connectivity index (χ1v) is 6.84. The highest BCUT2D eigenvalue weighted by molar-refractivity contribution is 5.42. The van der Waals surface area contributed by atoms with Crippen molar-refractivity contribution >= 4 is 5.69 Å². The summed E-state index contributed by atoms with van der Waals surface area (Å²) in [6, 6.07) is 21.0. The second-order valence-corrected chi connectivity index (χ2v) is 4.77. The second-order valence-electron chi connectivity index (χ2n) is 4.77. The van der Waals surface area contributed by atoms with Crippen LogP contribution in [-0.4, -0.2) is 6.54 Å². The van der Waals surface area contributed by atoms with Crippen molar-refractivity contribution in [2.75, 3.05) is 11.9 Å². The summed E-state index contributed by atoms with van der Waals surface area (Å²) in [6.07, 6.45) is 4.29. The lowest BCUT2D eigenvalue weighted by Crippen LogP contribution is -2.13. The lowest BCUT2D eigenvalue weighted by atomic mass is 9.99. The maximum absolute atomic E-state index is 3.95. The van der Waals surface area contributed by atoms with Gasteiger partial charge in [-0.3, -0.25) is 0 Å². The molecule has 98 valence electrons. The number of benzene rings is 2. The Bertz CT molecular complexity index is 432. The van der Waals surface area contributed by atoms with Crippen molar-refractivity contribution in [3.8, 4) is 0 Å². The molecule has 0 aliphatic rings. The molecule has 1 unspecified atom stereocenters. The summed E-state index contributed by atoms with van der Waals surface area (Å²) in [4.78, 5) is 0. The van der Waals surface area contributed by atoms with Crippen molar-refractivity contribution in [1.82, 2.24) is 0 Å². The average Bonchev–Trinajstić information content (AvgIpc) is 2.49. The van der Waals surface area contributed by atoms with Gasteiger partial charge >= 0.3 is 0 Å². The molecular formula is C18H21N. The van der Waals surface area contributed by atoms with Crippen LogP contribution in [0, 0.1) is 5.92 Å². The van der Waals surface area contributed by atoms with Crippen molar-refractivity contribution in [3.63, 3.8) is 0 Å². The number of aryl methyl sites for hydroxylation is 1. The second kappa shape index (κ2) is 7.42. The molecule has 1 atom stereocenters. The zero-order valence-electron chi connectivity index (χ0n) is 11.3. The quantitative estimate of drug-likeness (QED) is 0.713. The third kappa shape index (κ3) is 4.63. The number of anilines is 1. The van der Waals surface area contributed by atoms with Gasteiger partial charge in [-0.1, -0.05) is 54.6 Å². The van der Waals surface area contributed by atoms with Gasteiger partial charge in [0.2, 0.25) is 0 Å². The summed E-state index contributed by atoms with van der Waals surface area (Å²) in [5.74, 6) is 0.500. The van der Waals surface area contributed by atoms with E-state index in [1.54, 1.807) is 0 Å². The van der Waals surface area contributed by atoms with Gasteiger partial charge < -0.3 is 5.32 Å². The van der Waals surface area contributed by atoms with E-state index in [2.05, 4.69) is 72.6 Å². The highest BCUT2D eigenvalue weighted by atomic mass is 14.9. The third-order valence-corrected chi connectivity index (χ3v) is 3.32. The minimum atomic E-state index is 0.500. The lowest BCUT2D eigenvalue weighted by Gasteiger charge is -2.14.